The molecule has 0 unspecified atom stereocenters. The minimum atomic E-state index is -0.513. The molecule has 1 heterocycles. The van der Waals surface area contributed by atoms with E-state index in [1.165, 1.54) is 0 Å². The van der Waals surface area contributed by atoms with E-state index in [-0.39, 0.29) is 18.6 Å². The van der Waals surface area contributed by atoms with Crippen molar-refractivity contribution in [3.05, 3.63) is 41.6 Å². The van der Waals surface area contributed by atoms with Crippen LogP contribution >= 0.6 is 0 Å². The SMILES string of the molecule is CC[C@H](C)NC(=O)COC(=O)c1cc(C)nc2ccccc12. The maximum atomic E-state index is 12.2. The number of ether oxygens (including phenoxy) is 1. The number of carbonyl (C=O) groups is 2. The normalized spacial score (nSPS) is 12.0. The Balaban J connectivity index is 2.12. The third-order valence-electron chi connectivity index (χ3n) is 3.42. The Hall–Kier alpha value is -2.43. The van der Waals surface area contributed by atoms with E-state index in [1.807, 2.05) is 45.0 Å². The van der Waals surface area contributed by atoms with Crippen LogP contribution in [0.15, 0.2) is 30.3 Å². The van der Waals surface area contributed by atoms with Gasteiger partial charge in [-0.15, -0.1) is 0 Å². The van der Waals surface area contributed by atoms with E-state index in [2.05, 4.69) is 10.3 Å². The van der Waals surface area contributed by atoms with E-state index in [9.17, 15) is 9.59 Å². The summed E-state index contributed by atoms with van der Waals surface area (Å²) in [5.41, 5.74) is 1.90. The lowest BCUT2D eigenvalue weighted by Gasteiger charge is -2.12. The Bertz CT molecular complexity index is 697. The smallest absolute Gasteiger partial charge is 0.339 e. The van der Waals surface area contributed by atoms with Crippen LogP contribution in [-0.4, -0.2) is 29.5 Å². The number of aromatic nitrogens is 1. The molecule has 1 atom stereocenters. The number of aryl methyl sites for hydroxylation is 1. The van der Waals surface area contributed by atoms with E-state index < -0.39 is 5.97 Å². The fourth-order valence-electron chi connectivity index (χ4n) is 2.10. The number of pyridine rings is 1. The fraction of sp³-hybridized carbons (Fsp3) is 0.353. The minimum absolute atomic E-state index is 0.0650. The molecular weight excluding hydrogens is 280 g/mol. The van der Waals surface area contributed by atoms with Crippen LogP contribution in [0.25, 0.3) is 10.9 Å². The van der Waals surface area contributed by atoms with Crippen LogP contribution in [0, 0.1) is 6.92 Å². The summed E-state index contributed by atoms with van der Waals surface area (Å²) in [6.07, 6.45) is 0.827. The number of amides is 1. The zero-order chi connectivity index (χ0) is 16.1. The second-order valence-corrected chi connectivity index (χ2v) is 5.28. The third kappa shape index (κ3) is 3.81. The van der Waals surface area contributed by atoms with Crippen molar-refractivity contribution in [2.24, 2.45) is 0 Å². The first kappa shape index (κ1) is 15.9. The molecule has 0 spiro atoms. The summed E-state index contributed by atoms with van der Waals surface area (Å²) in [6.45, 7) is 5.42. The van der Waals surface area contributed by atoms with Gasteiger partial charge in [-0.1, -0.05) is 25.1 Å². The number of para-hydroxylation sites is 1. The number of hydrogen-bond donors (Lipinski definition) is 1. The van der Waals surface area contributed by atoms with Crippen molar-refractivity contribution in [1.29, 1.82) is 0 Å². The van der Waals surface area contributed by atoms with Crippen LogP contribution < -0.4 is 5.32 Å². The molecular formula is C17H20N2O3. The monoisotopic (exact) mass is 300 g/mol. The lowest BCUT2D eigenvalue weighted by atomic mass is 10.1. The minimum Gasteiger partial charge on any atom is -0.452 e. The number of nitrogens with zero attached hydrogens (tertiary/aromatic N) is 1. The summed E-state index contributed by atoms with van der Waals surface area (Å²) in [7, 11) is 0. The molecule has 0 aliphatic heterocycles. The quantitative estimate of drug-likeness (QED) is 0.862. The van der Waals surface area contributed by atoms with Gasteiger partial charge in [0.15, 0.2) is 6.61 Å². The lowest BCUT2D eigenvalue weighted by molar-refractivity contribution is -0.124. The maximum Gasteiger partial charge on any atom is 0.339 e. The highest BCUT2D eigenvalue weighted by Gasteiger charge is 2.15. The molecule has 0 saturated carbocycles. The summed E-state index contributed by atoms with van der Waals surface area (Å²) in [5, 5.41) is 3.48. The van der Waals surface area contributed by atoms with Crippen molar-refractivity contribution in [1.82, 2.24) is 10.3 Å². The molecule has 0 fully saturated rings. The predicted molar refractivity (Wildman–Crippen MR) is 84.7 cm³/mol. The van der Waals surface area contributed by atoms with Gasteiger partial charge >= 0.3 is 5.97 Å². The summed E-state index contributed by atoms with van der Waals surface area (Å²) < 4.78 is 5.12. The van der Waals surface area contributed by atoms with Crippen LogP contribution in [0.3, 0.4) is 0 Å². The molecule has 0 saturated heterocycles. The molecule has 0 aliphatic rings. The summed E-state index contributed by atoms with van der Waals surface area (Å²) in [6, 6.07) is 9.11. The Kier molecular flexibility index (Phi) is 5.09. The molecule has 1 aromatic heterocycles. The Morgan fingerprint density at radius 1 is 1.32 bits per heavy atom. The largest absolute Gasteiger partial charge is 0.452 e. The van der Waals surface area contributed by atoms with Gasteiger partial charge in [0.1, 0.15) is 0 Å². The maximum absolute atomic E-state index is 12.2. The van der Waals surface area contributed by atoms with Crippen molar-refractivity contribution < 1.29 is 14.3 Å². The molecule has 1 amide bonds. The summed E-state index contributed by atoms with van der Waals surface area (Å²) in [5.74, 6) is -0.807. The second kappa shape index (κ2) is 7.02. The second-order valence-electron chi connectivity index (χ2n) is 5.28. The molecule has 5 heteroatoms. The number of rotatable bonds is 5. The van der Waals surface area contributed by atoms with Crippen molar-refractivity contribution in [3.8, 4) is 0 Å². The van der Waals surface area contributed by atoms with Gasteiger partial charge in [-0.25, -0.2) is 4.79 Å². The molecule has 0 aliphatic carbocycles. The first-order valence-electron chi connectivity index (χ1n) is 7.34. The molecule has 116 valence electrons. The Labute approximate surface area is 129 Å². The zero-order valence-electron chi connectivity index (χ0n) is 13.1. The highest BCUT2D eigenvalue weighted by molar-refractivity contribution is 6.04. The molecule has 2 rings (SSSR count). The van der Waals surface area contributed by atoms with Crippen molar-refractivity contribution >= 4 is 22.8 Å². The van der Waals surface area contributed by atoms with Crippen LogP contribution in [0.5, 0.6) is 0 Å². The van der Waals surface area contributed by atoms with Gasteiger partial charge in [0, 0.05) is 17.1 Å². The standard InChI is InChI=1S/C17H20N2O3/c1-4-11(2)19-16(20)10-22-17(21)14-9-12(3)18-15-8-6-5-7-13(14)15/h5-9,11H,4,10H2,1-3H3,(H,19,20)/t11-/m0/s1. The highest BCUT2D eigenvalue weighted by atomic mass is 16.5. The van der Waals surface area contributed by atoms with Crippen LogP contribution in [0.1, 0.15) is 36.3 Å². The van der Waals surface area contributed by atoms with Gasteiger partial charge < -0.3 is 10.1 Å². The van der Waals surface area contributed by atoms with Gasteiger partial charge in [-0.3, -0.25) is 9.78 Å². The number of fused-ring (bicyclic) bond motifs is 1. The van der Waals surface area contributed by atoms with E-state index >= 15 is 0 Å². The molecule has 1 N–H and O–H groups in total. The average molecular weight is 300 g/mol. The van der Waals surface area contributed by atoms with E-state index in [0.29, 0.717) is 5.56 Å². The summed E-state index contributed by atoms with van der Waals surface area (Å²) >= 11 is 0. The average Bonchev–Trinajstić information content (AvgIpc) is 2.51. The third-order valence-corrected chi connectivity index (χ3v) is 3.42. The predicted octanol–water partition coefficient (Wildman–Crippen LogP) is 2.61. The van der Waals surface area contributed by atoms with Crippen molar-refractivity contribution in [3.63, 3.8) is 0 Å². The van der Waals surface area contributed by atoms with Gasteiger partial charge in [0.05, 0.1) is 11.1 Å². The van der Waals surface area contributed by atoms with Gasteiger partial charge in [-0.05, 0) is 32.4 Å². The molecule has 22 heavy (non-hydrogen) atoms. The van der Waals surface area contributed by atoms with Gasteiger partial charge in [-0.2, -0.15) is 0 Å². The summed E-state index contributed by atoms with van der Waals surface area (Å²) in [4.78, 5) is 28.3. The van der Waals surface area contributed by atoms with E-state index in [0.717, 1.165) is 23.0 Å². The fourth-order valence-corrected chi connectivity index (χ4v) is 2.10. The number of nitrogens with one attached hydrogen (secondary N) is 1. The van der Waals surface area contributed by atoms with Crippen molar-refractivity contribution in [2.45, 2.75) is 33.2 Å². The Morgan fingerprint density at radius 2 is 2.05 bits per heavy atom. The van der Waals surface area contributed by atoms with E-state index in [4.69, 9.17) is 4.74 Å². The van der Waals surface area contributed by atoms with Gasteiger partial charge in [0.25, 0.3) is 5.91 Å². The number of benzene rings is 1. The number of esters is 1. The van der Waals surface area contributed by atoms with Crippen LogP contribution in [0.4, 0.5) is 0 Å². The molecule has 5 nitrogen and oxygen atoms in total. The van der Waals surface area contributed by atoms with Crippen molar-refractivity contribution in [2.75, 3.05) is 6.61 Å². The Morgan fingerprint density at radius 3 is 2.77 bits per heavy atom. The molecule has 0 radical (unpaired) electrons. The lowest BCUT2D eigenvalue weighted by Crippen LogP contribution is -2.35. The first-order chi connectivity index (χ1) is 10.5. The highest BCUT2D eigenvalue weighted by Crippen LogP contribution is 2.18. The number of carbonyl (C=O) groups excluding carboxylic acids is 2. The molecule has 2 aromatic rings. The van der Waals surface area contributed by atoms with Crippen LogP contribution in [-0.2, 0) is 9.53 Å². The first-order valence-corrected chi connectivity index (χ1v) is 7.34. The topological polar surface area (TPSA) is 68.3 Å². The van der Waals surface area contributed by atoms with Crippen LogP contribution in [0.2, 0.25) is 0 Å². The molecule has 0 bridgehead atoms. The molecule has 1 aromatic carbocycles. The van der Waals surface area contributed by atoms with E-state index in [1.54, 1.807) is 6.07 Å². The van der Waals surface area contributed by atoms with Gasteiger partial charge in [0.2, 0.25) is 0 Å². The zero-order valence-corrected chi connectivity index (χ0v) is 13.1. The number of hydrogen-bond acceptors (Lipinski definition) is 4.